The number of carbonyl (C=O) groups excluding carboxylic acids is 2. The van der Waals surface area contributed by atoms with Crippen LogP contribution in [0.4, 0.5) is 0 Å². The molecule has 0 atom stereocenters. The molecule has 0 radical (unpaired) electrons. The van der Waals surface area contributed by atoms with E-state index >= 15 is 0 Å². The van der Waals surface area contributed by atoms with Crippen molar-refractivity contribution in [1.82, 2.24) is 0 Å². The van der Waals surface area contributed by atoms with Crippen LogP contribution in [-0.4, -0.2) is 31.6 Å². The Morgan fingerprint density at radius 2 is 0.775 bits per heavy atom. The summed E-state index contributed by atoms with van der Waals surface area (Å²) in [6.07, 6.45) is 9.63. The number of aryl methyl sites for hydroxylation is 3. The van der Waals surface area contributed by atoms with Gasteiger partial charge in [0, 0.05) is 0 Å². The first-order valence-corrected chi connectivity index (χ1v) is 23.1. The molecule has 0 aliphatic heterocycles. The molecule has 212 valence electrons. The number of hydrogen-bond acceptors (Lipinski definition) is 4. The van der Waals surface area contributed by atoms with Crippen molar-refractivity contribution >= 4 is 41.4 Å². The molecular weight excluding hydrogens is 693 g/mol. The van der Waals surface area contributed by atoms with Gasteiger partial charge in [0.25, 0.3) is 0 Å². The Morgan fingerprint density at radius 1 is 0.500 bits per heavy atom. The third-order valence-corrected chi connectivity index (χ3v) is 27.4. The first kappa shape index (κ1) is 29.0. The Bertz CT molecular complexity index is 1170. The Labute approximate surface area is 241 Å². The normalized spacial score (nSPS) is 17.9. The number of rotatable bonds is 7. The van der Waals surface area contributed by atoms with E-state index in [1.165, 1.54) is 0 Å². The van der Waals surface area contributed by atoms with Crippen molar-refractivity contribution in [2.75, 3.05) is 0 Å². The van der Waals surface area contributed by atoms with Crippen LogP contribution >= 0.6 is 0 Å². The summed E-state index contributed by atoms with van der Waals surface area (Å²) in [5, 5.41) is 0. The fraction of sp³-hybridized carbons (Fsp3) is 0.429. The van der Waals surface area contributed by atoms with Crippen LogP contribution in [0.5, 0.6) is 0 Å². The molecule has 5 heteroatoms. The van der Waals surface area contributed by atoms with Gasteiger partial charge in [-0.1, -0.05) is 0 Å². The van der Waals surface area contributed by atoms with Gasteiger partial charge in [0.05, 0.1) is 0 Å². The third-order valence-electron chi connectivity index (χ3n) is 8.91. The molecule has 0 amide bonds. The zero-order valence-electron chi connectivity index (χ0n) is 24.2. The maximum atomic E-state index is 14.3. The summed E-state index contributed by atoms with van der Waals surface area (Å²) in [7, 11) is 0. The van der Waals surface area contributed by atoms with Crippen molar-refractivity contribution in [2.45, 2.75) is 85.0 Å². The molecule has 3 aromatic carbocycles. The summed E-state index contributed by atoms with van der Waals surface area (Å²) in [5.74, 6) is -0.800. The number of hydrogen-bond donors (Lipinski definition) is 0. The Morgan fingerprint density at radius 3 is 1.05 bits per heavy atom. The Balaban J connectivity index is 1.82. The summed E-state index contributed by atoms with van der Waals surface area (Å²) in [6, 6.07) is 24.6. The molecular formula is C35H43BiO4. The second kappa shape index (κ2) is 12.2. The van der Waals surface area contributed by atoms with Crippen LogP contribution < -0.4 is 9.81 Å². The van der Waals surface area contributed by atoms with Gasteiger partial charge in [0.15, 0.2) is 0 Å². The van der Waals surface area contributed by atoms with Crippen molar-refractivity contribution in [2.24, 2.45) is 11.8 Å². The molecule has 2 fully saturated rings. The molecule has 0 spiro atoms. The number of carbonyl (C=O) groups is 2. The van der Waals surface area contributed by atoms with E-state index in [-0.39, 0.29) is 23.8 Å². The average molecular weight is 737 g/mol. The molecule has 2 saturated carbocycles. The second-order valence-corrected chi connectivity index (χ2v) is 26.8. The van der Waals surface area contributed by atoms with Crippen molar-refractivity contribution < 1.29 is 15.2 Å². The van der Waals surface area contributed by atoms with Gasteiger partial charge in [-0.25, -0.2) is 0 Å². The standard InChI is InChI=1S/2C7H12O2.3C7H7.Bi/c2*8-7(9)6-4-2-1-3-5-6;3*1-7-5-3-2-4-6-7;/h2*6H,1-5H2,(H,8,9);3*3-6H,1H3;/q;;;;;+2/p-2. The first-order valence-electron chi connectivity index (χ1n) is 15.0. The summed E-state index contributed by atoms with van der Waals surface area (Å²) >= 11 is -6.00. The van der Waals surface area contributed by atoms with Gasteiger partial charge in [-0.05, 0) is 0 Å². The topological polar surface area (TPSA) is 52.6 Å². The van der Waals surface area contributed by atoms with Crippen LogP contribution in [0.3, 0.4) is 0 Å². The van der Waals surface area contributed by atoms with Crippen molar-refractivity contribution in [1.29, 1.82) is 0 Å². The number of benzene rings is 3. The van der Waals surface area contributed by atoms with Gasteiger partial charge in [0.1, 0.15) is 0 Å². The quantitative estimate of drug-likeness (QED) is 0.269. The summed E-state index contributed by atoms with van der Waals surface area (Å²) in [4.78, 5) is 28.7. The molecule has 0 N–H and O–H groups in total. The molecule has 0 heterocycles. The monoisotopic (exact) mass is 736 g/mol. The third kappa shape index (κ3) is 5.51. The zero-order valence-corrected chi connectivity index (χ0v) is 27.7. The van der Waals surface area contributed by atoms with Crippen LogP contribution in [0.25, 0.3) is 0 Å². The van der Waals surface area contributed by atoms with Crippen LogP contribution in [0.15, 0.2) is 72.8 Å². The maximum absolute atomic E-state index is 14.3. The van der Waals surface area contributed by atoms with Gasteiger partial charge >= 0.3 is 243 Å². The summed E-state index contributed by atoms with van der Waals surface area (Å²) < 4.78 is 16.8. The molecule has 3 aromatic rings. The Kier molecular flexibility index (Phi) is 8.81. The van der Waals surface area contributed by atoms with Gasteiger partial charge in [0.2, 0.25) is 0 Å². The van der Waals surface area contributed by atoms with Crippen LogP contribution in [0.2, 0.25) is 0 Å². The summed E-state index contributed by atoms with van der Waals surface area (Å²) in [6.45, 7) is 6.15. The molecule has 0 unspecified atom stereocenters. The fourth-order valence-electron chi connectivity index (χ4n) is 6.40. The van der Waals surface area contributed by atoms with Crippen LogP contribution in [-0.2, 0) is 15.2 Å². The van der Waals surface area contributed by atoms with Gasteiger partial charge in [-0.2, -0.15) is 0 Å². The predicted molar refractivity (Wildman–Crippen MR) is 164 cm³/mol. The fourth-order valence-corrected chi connectivity index (χ4v) is 24.4. The van der Waals surface area contributed by atoms with Gasteiger partial charge < -0.3 is 0 Å². The van der Waals surface area contributed by atoms with E-state index in [1.54, 1.807) is 0 Å². The second-order valence-electron chi connectivity index (χ2n) is 12.0. The average Bonchev–Trinajstić information content (AvgIpc) is 2.99. The molecule has 0 aromatic heterocycles. The molecule has 0 saturated heterocycles. The van der Waals surface area contributed by atoms with E-state index in [0.717, 1.165) is 90.7 Å². The van der Waals surface area contributed by atoms with E-state index in [0.29, 0.717) is 0 Å². The molecule has 2 aliphatic carbocycles. The van der Waals surface area contributed by atoms with E-state index < -0.39 is 19.7 Å². The molecule has 4 nitrogen and oxygen atoms in total. The van der Waals surface area contributed by atoms with Crippen molar-refractivity contribution in [3.63, 3.8) is 0 Å². The zero-order chi connectivity index (χ0) is 28.2. The first-order chi connectivity index (χ1) is 19.3. The van der Waals surface area contributed by atoms with E-state index in [1.807, 2.05) is 57.2 Å². The van der Waals surface area contributed by atoms with E-state index in [9.17, 15) is 9.59 Å². The van der Waals surface area contributed by atoms with Crippen molar-refractivity contribution in [3.8, 4) is 0 Å². The minimum absolute atomic E-state index is 0.183. The predicted octanol–water partition coefficient (Wildman–Crippen LogP) is 6.28. The summed E-state index contributed by atoms with van der Waals surface area (Å²) in [5.41, 5.74) is 3.30. The Hall–Kier alpha value is -2.52. The van der Waals surface area contributed by atoms with E-state index in [4.69, 9.17) is 5.63 Å². The SMILES string of the molecule is Cc1cc[c]([Bi]([O]C(=O)C2CCCCC2)([O]C(=O)C2CCCCC2)([c]2ccc(C)cc2)[c]2ccc(C)cc2)cc1. The van der Waals surface area contributed by atoms with Crippen LogP contribution in [0, 0.1) is 32.6 Å². The molecule has 0 bridgehead atoms. The molecule has 5 rings (SSSR count). The van der Waals surface area contributed by atoms with E-state index in [2.05, 4.69) is 36.4 Å². The van der Waals surface area contributed by atoms with Crippen LogP contribution in [0.1, 0.15) is 80.9 Å². The van der Waals surface area contributed by atoms with Crippen molar-refractivity contribution in [3.05, 3.63) is 89.5 Å². The van der Waals surface area contributed by atoms with Gasteiger partial charge in [-0.15, -0.1) is 0 Å². The molecule has 2 aliphatic rings. The molecule has 40 heavy (non-hydrogen) atoms. The van der Waals surface area contributed by atoms with Gasteiger partial charge in [-0.3, -0.25) is 0 Å². The minimum atomic E-state index is -6.00.